The standard InChI is InChI=1S/C25H26ClNO5/c1-29-19-4-2-17(3-5-19)16-27-11-8-18-14-23(22(26)15-21(18)24(27)28)32-20-6-9-25(10-7-20)30-12-13-31-25/h2-5,8,11,14-15,20H,6-7,9-10,12-13,16H2,1H3. The van der Waals surface area contributed by atoms with Crippen LogP contribution < -0.4 is 15.0 Å². The van der Waals surface area contributed by atoms with Crippen molar-refractivity contribution in [2.75, 3.05) is 20.3 Å². The fourth-order valence-corrected chi connectivity index (χ4v) is 4.75. The Labute approximate surface area is 191 Å². The van der Waals surface area contributed by atoms with Crippen LogP contribution in [0.3, 0.4) is 0 Å². The summed E-state index contributed by atoms with van der Waals surface area (Å²) in [5.41, 5.74) is 0.936. The summed E-state index contributed by atoms with van der Waals surface area (Å²) in [6, 6.07) is 13.2. The highest BCUT2D eigenvalue weighted by Gasteiger charge is 2.41. The molecular weight excluding hydrogens is 430 g/mol. The number of ether oxygens (including phenoxy) is 4. The van der Waals surface area contributed by atoms with Gasteiger partial charge in [-0.25, -0.2) is 0 Å². The molecule has 1 aromatic heterocycles. The van der Waals surface area contributed by atoms with Crippen LogP contribution in [-0.4, -0.2) is 36.8 Å². The predicted octanol–water partition coefficient (Wildman–Crippen LogP) is 4.78. The largest absolute Gasteiger partial charge is 0.497 e. The Bertz CT molecular complexity index is 1160. The van der Waals surface area contributed by atoms with Gasteiger partial charge in [0, 0.05) is 24.4 Å². The van der Waals surface area contributed by atoms with Crippen molar-refractivity contribution in [3.05, 3.63) is 69.6 Å². The summed E-state index contributed by atoms with van der Waals surface area (Å²) in [5, 5.41) is 1.84. The molecule has 1 saturated heterocycles. The molecule has 5 rings (SSSR count). The van der Waals surface area contributed by atoms with Crippen LogP contribution in [0.25, 0.3) is 10.8 Å². The van der Waals surface area contributed by atoms with Gasteiger partial charge in [-0.1, -0.05) is 23.7 Å². The van der Waals surface area contributed by atoms with Crippen LogP contribution in [0.2, 0.25) is 5.02 Å². The molecule has 2 fully saturated rings. The lowest BCUT2D eigenvalue weighted by molar-refractivity contribution is -0.186. The van der Waals surface area contributed by atoms with E-state index in [9.17, 15) is 4.79 Å². The third kappa shape index (κ3) is 4.22. The van der Waals surface area contributed by atoms with E-state index in [1.807, 2.05) is 42.6 Å². The third-order valence-electron chi connectivity index (χ3n) is 6.34. The first-order valence-electron chi connectivity index (χ1n) is 11.0. The fourth-order valence-electron chi connectivity index (χ4n) is 4.54. The zero-order valence-corrected chi connectivity index (χ0v) is 18.8. The number of hydrogen-bond donors (Lipinski definition) is 0. The molecule has 0 unspecified atom stereocenters. The summed E-state index contributed by atoms with van der Waals surface area (Å²) in [4.78, 5) is 13.1. The van der Waals surface area contributed by atoms with Gasteiger partial charge < -0.3 is 23.5 Å². The molecule has 0 radical (unpaired) electrons. The third-order valence-corrected chi connectivity index (χ3v) is 6.64. The molecule has 1 saturated carbocycles. The lowest BCUT2D eigenvalue weighted by Gasteiger charge is -2.35. The Morgan fingerprint density at radius 3 is 2.50 bits per heavy atom. The Balaban J connectivity index is 1.33. The van der Waals surface area contributed by atoms with E-state index in [0.29, 0.717) is 35.9 Å². The minimum Gasteiger partial charge on any atom is -0.497 e. The first kappa shape index (κ1) is 21.3. The normalized spacial score (nSPS) is 18.3. The van der Waals surface area contributed by atoms with Crippen molar-refractivity contribution in [2.45, 2.75) is 44.1 Å². The molecule has 32 heavy (non-hydrogen) atoms. The number of benzene rings is 2. The molecule has 0 atom stereocenters. The topological polar surface area (TPSA) is 58.9 Å². The van der Waals surface area contributed by atoms with E-state index in [1.165, 1.54) is 0 Å². The molecule has 3 aromatic rings. The second kappa shape index (κ2) is 8.77. The van der Waals surface area contributed by atoms with Crippen molar-refractivity contribution < 1.29 is 18.9 Å². The highest BCUT2D eigenvalue weighted by molar-refractivity contribution is 6.32. The summed E-state index contributed by atoms with van der Waals surface area (Å²) >= 11 is 6.52. The summed E-state index contributed by atoms with van der Waals surface area (Å²) in [6.45, 7) is 1.80. The van der Waals surface area contributed by atoms with Gasteiger partial charge in [-0.05, 0) is 54.1 Å². The average molecular weight is 456 g/mol. The minimum absolute atomic E-state index is 0.0545. The van der Waals surface area contributed by atoms with E-state index in [4.69, 9.17) is 30.5 Å². The van der Waals surface area contributed by atoms with Crippen molar-refractivity contribution in [1.82, 2.24) is 4.57 Å². The summed E-state index contributed by atoms with van der Waals surface area (Å²) in [7, 11) is 1.63. The number of aromatic nitrogens is 1. The van der Waals surface area contributed by atoms with Gasteiger partial charge in [0.15, 0.2) is 5.79 Å². The van der Waals surface area contributed by atoms with Gasteiger partial charge in [-0.15, -0.1) is 0 Å². The molecule has 1 aliphatic heterocycles. The van der Waals surface area contributed by atoms with E-state index in [1.54, 1.807) is 17.7 Å². The highest BCUT2D eigenvalue weighted by Crippen LogP contribution is 2.38. The Morgan fingerprint density at radius 1 is 1.09 bits per heavy atom. The Morgan fingerprint density at radius 2 is 1.81 bits per heavy atom. The van der Waals surface area contributed by atoms with E-state index < -0.39 is 5.79 Å². The van der Waals surface area contributed by atoms with E-state index in [2.05, 4.69) is 0 Å². The smallest absolute Gasteiger partial charge is 0.258 e. The number of nitrogens with zero attached hydrogens (tertiary/aromatic N) is 1. The molecule has 2 aliphatic rings. The molecule has 1 spiro atoms. The molecule has 0 bridgehead atoms. The maximum Gasteiger partial charge on any atom is 0.258 e. The van der Waals surface area contributed by atoms with Crippen LogP contribution in [0.1, 0.15) is 31.2 Å². The zero-order valence-electron chi connectivity index (χ0n) is 18.0. The van der Waals surface area contributed by atoms with Gasteiger partial charge in [-0.3, -0.25) is 4.79 Å². The molecule has 1 aliphatic carbocycles. The molecule has 168 valence electrons. The number of halogens is 1. The molecule has 0 amide bonds. The molecule has 2 heterocycles. The SMILES string of the molecule is COc1ccc(Cn2ccc3cc(OC4CCC5(CC4)OCCO5)c(Cl)cc3c2=O)cc1. The van der Waals surface area contributed by atoms with Crippen molar-refractivity contribution in [3.63, 3.8) is 0 Å². The predicted molar refractivity (Wildman–Crippen MR) is 123 cm³/mol. The van der Waals surface area contributed by atoms with Crippen LogP contribution >= 0.6 is 11.6 Å². The van der Waals surface area contributed by atoms with Crippen LogP contribution in [0.4, 0.5) is 0 Å². The number of rotatable bonds is 5. The van der Waals surface area contributed by atoms with Crippen LogP contribution in [0.15, 0.2) is 53.5 Å². The Kier molecular flexibility index (Phi) is 5.84. The molecule has 0 N–H and O–H groups in total. The van der Waals surface area contributed by atoms with Crippen LogP contribution in [0, 0.1) is 0 Å². The van der Waals surface area contributed by atoms with Gasteiger partial charge >= 0.3 is 0 Å². The van der Waals surface area contributed by atoms with Crippen LogP contribution in [0.5, 0.6) is 11.5 Å². The molecule has 2 aromatic carbocycles. The second-order valence-corrected chi connectivity index (χ2v) is 8.80. The first-order valence-corrected chi connectivity index (χ1v) is 11.3. The highest BCUT2D eigenvalue weighted by atomic mass is 35.5. The lowest BCUT2D eigenvalue weighted by atomic mass is 9.92. The van der Waals surface area contributed by atoms with Gasteiger partial charge in [-0.2, -0.15) is 0 Å². The molecular formula is C25H26ClNO5. The van der Waals surface area contributed by atoms with Crippen molar-refractivity contribution in [1.29, 1.82) is 0 Å². The van der Waals surface area contributed by atoms with E-state index in [-0.39, 0.29) is 11.7 Å². The van der Waals surface area contributed by atoms with Gasteiger partial charge in [0.05, 0.1) is 38.0 Å². The Hall–Kier alpha value is -2.54. The van der Waals surface area contributed by atoms with Gasteiger partial charge in [0.25, 0.3) is 5.56 Å². The summed E-state index contributed by atoms with van der Waals surface area (Å²) in [5.74, 6) is 0.984. The van der Waals surface area contributed by atoms with Crippen molar-refractivity contribution >= 4 is 22.4 Å². The fraction of sp³-hybridized carbons (Fsp3) is 0.400. The maximum absolute atomic E-state index is 13.1. The summed E-state index contributed by atoms with van der Waals surface area (Å²) < 4.78 is 24.7. The van der Waals surface area contributed by atoms with Gasteiger partial charge in [0.1, 0.15) is 11.5 Å². The van der Waals surface area contributed by atoms with Gasteiger partial charge in [0.2, 0.25) is 0 Å². The second-order valence-electron chi connectivity index (χ2n) is 8.39. The van der Waals surface area contributed by atoms with Crippen molar-refractivity contribution in [2.24, 2.45) is 0 Å². The molecule has 7 heteroatoms. The number of hydrogen-bond acceptors (Lipinski definition) is 5. The van der Waals surface area contributed by atoms with Crippen molar-refractivity contribution in [3.8, 4) is 11.5 Å². The monoisotopic (exact) mass is 455 g/mol. The average Bonchev–Trinajstić information content (AvgIpc) is 3.27. The molecule has 6 nitrogen and oxygen atoms in total. The number of fused-ring (bicyclic) bond motifs is 1. The zero-order chi connectivity index (χ0) is 22.1. The quantitative estimate of drug-likeness (QED) is 0.554. The first-order chi connectivity index (χ1) is 15.5. The van der Waals surface area contributed by atoms with Crippen LogP contribution in [-0.2, 0) is 16.0 Å². The van der Waals surface area contributed by atoms with E-state index in [0.717, 1.165) is 42.4 Å². The number of pyridine rings is 1. The summed E-state index contributed by atoms with van der Waals surface area (Å²) in [6.07, 6.45) is 5.19. The van der Waals surface area contributed by atoms with E-state index >= 15 is 0 Å². The number of methoxy groups -OCH3 is 1. The lowest BCUT2D eigenvalue weighted by Crippen LogP contribution is -2.38. The maximum atomic E-state index is 13.1. The minimum atomic E-state index is -0.415.